The summed E-state index contributed by atoms with van der Waals surface area (Å²) in [5.74, 6) is -0.287. The van der Waals surface area contributed by atoms with Gasteiger partial charge in [-0.15, -0.1) is 0 Å². The molecule has 0 saturated heterocycles. The summed E-state index contributed by atoms with van der Waals surface area (Å²) in [6, 6.07) is 13.7. The highest BCUT2D eigenvalue weighted by Crippen LogP contribution is 2.08. The molecule has 3 N–H and O–H groups in total. The number of halogens is 1. The molecule has 1 amide bonds. The Labute approximate surface area is 115 Å². The van der Waals surface area contributed by atoms with Crippen molar-refractivity contribution in [3.05, 3.63) is 64.7 Å². The number of rotatable bonds is 3. The Morgan fingerprint density at radius 2 is 1.74 bits per heavy atom. The van der Waals surface area contributed by atoms with Crippen LogP contribution in [0.1, 0.15) is 15.9 Å². The van der Waals surface area contributed by atoms with E-state index in [4.69, 9.17) is 17.3 Å². The molecule has 0 atom stereocenters. The maximum Gasteiger partial charge on any atom is 0.271 e. The van der Waals surface area contributed by atoms with Crippen LogP contribution in [0, 0.1) is 0 Å². The highest BCUT2D eigenvalue weighted by molar-refractivity contribution is 6.30. The lowest BCUT2D eigenvalue weighted by atomic mass is 10.2. The standard InChI is InChI=1S/C14H12ClN3O/c15-12-5-1-10(2-6-12)9-17-18-14(19)11-3-7-13(16)8-4-11/h1-9H,16H2,(H,18,19)/b17-9-. The molecule has 0 unspecified atom stereocenters. The van der Waals surface area contributed by atoms with Crippen LogP contribution < -0.4 is 11.2 Å². The monoisotopic (exact) mass is 273 g/mol. The van der Waals surface area contributed by atoms with E-state index in [2.05, 4.69) is 10.5 Å². The molecule has 0 spiro atoms. The van der Waals surface area contributed by atoms with E-state index in [1.807, 2.05) is 0 Å². The smallest absolute Gasteiger partial charge is 0.271 e. The molecule has 0 bridgehead atoms. The largest absolute Gasteiger partial charge is 0.399 e. The number of hydrazone groups is 1. The molecule has 2 aromatic rings. The molecule has 0 fully saturated rings. The zero-order valence-corrected chi connectivity index (χ0v) is 10.8. The van der Waals surface area contributed by atoms with E-state index in [9.17, 15) is 4.79 Å². The van der Waals surface area contributed by atoms with Crippen LogP contribution in [0.2, 0.25) is 5.02 Å². The molecule has 2 aromatic carbocycles. The second kappa shape index (κ2) is 6.02. The van der Waals surface area contributed by atoms with Gasteiger partial charge in [-0.25, -0.2) is 5.43 Å². The van der Waals surface area contributed by atoms with Crippen molar-refractivity contribution >= 4 is 29.4 Å². The first-order valence-electron chi connectivity index (χ1n) is 5.59. The van der Waals surface area contributed by atoms with Crippen LogP contribution in [-0.2, 0) is 0 Å². The number of nitrogens with two attached hydrogens (primary N) is 1. The molecular weight excluding hydrogens is 262 g/mol. The van der Waals surface area contributed by atoms with Gasteiger partial charge in [0, 0.05) is 16.3 Å². The molecular formula is C14H12ClN3O. The van der Waals surface area contributed by atoms with Gasteiger partial charge in [-0.3, -0.25) is 4.79 Å². The van der Waals surface area contributed by atoms with Crippen LogP contribution in [0.4, 0.5) is 5.69 Å². The van der Waals surface area contributed by atoms with E-state index >= 15 is 0 Å². The molecule has 0 radical (unpaired) electrons. The van der Waals surface area contributed by atoms with Gasteiger partial charge in [0.05, 0.1) is 6.21 Å². The van der Waals surface area contributed by atoms with Crippen LogP contribution >= 0.6 is 11.6 Å². The predicted molar refractivity (Wildman–Crippen MR) is 77.4 cm³/mol. The molecule has 0 heterocycles. The maximum atomic E-state index is 11.7. The minimum atomic E-state index is -0.287. The number of hydrogen-bond acceptors (Lipinski definition) is 3. The van der Waals surface area contributed by atoms with Crippen LogP contribution in [0.5, 0.6) is 0 Å². The molecule has 19 heavy (non-hydrogen) atoms. The normalized spacial score (nSPS) is 10.6. The Bertz CT molecular complexity index is 591. The molecule has 0 aromatic heterocycles. The fourth-order valence-electron chi connectivity index (χ4n) is 1.41. The lowest BCUT2D eigenvalue weighted by molar-refractivity contribution is 0.0955. The molecule has 96 valence electrons. The number of nitrogen functional groups attached to an aromatic ring is 1. The first-order chi connectivity index (χ1) is 9.15. The number of carbonyl (C=O) groups excluding carboxylic acids is 1. The van der Waals surface area contributed by atoms with E-state index in [1.54, 1.807) is 54.7 Å². The number of anilines is 1. The SMILES string of the molecule is Nc1ccc(C(=O)N/N=C\c2ccc(Cl)cc2)cc1. The Morgan fingerprint density at radius 3 is 2.37 bits per heavy atom. The van der Waals surface area contributed by atoms with Gasteiger partial charge in [0.25, 0.3) is 5.91 Å². The summed E-state index contributed by atoms with van der Waals surface area (Å²) >= 11 is 5.76. The summed E-state index contributed by atoms with van der Waals surface area (Å²) in [5.41, 5.74) is 9.94. The van der Waals surface area contributed by atoms with Gasteiger partial charge in [-0.1, -0.05) is 23.7 Å². The molecule has 4 nitrogen and oxygen atoms in total. The van der Waals surface area contributed by atoms with Crippen molar-refractivity contribution in [2.24, 2.45) is 5.10 Å². The first kappa shape index (κ1) is 13.1. The fraction of sp³-hybridized carbons (Fsp3) is 0. The third kappa shape index (κ3) is 3.82. The number of amides is 1. The maximum absolute atomic E-state index is 11.7. The number of nitrogens with one attached hydrogen (secondary N) is 1. The molecule has 0 aliphatic heterocycles. The highest BCUT2D eigenvalue weighted by Gasteiger charge is 2.02. The van der Waals surface area contributed by atoms with Crippen LogP contribution in [-0.4, -0.2) is 12.1 Å². The average Bonchev–Trinajstić information content (AvgIpc) is 2.41. The molecule has 0 saturated carbocycles. The Kier molecular flexibility index (Phi) is 4.15. The van der Waals surface area contributed by atoms with Crippen LogP contribution in [0.3, 0.4) is 0 Å². The van der Waals surface area contributed by atoms with Gasteiger partial charge in [0.1, 0.15) is 0 Å². The molecule has 0 aliphatic rings. The summed E-state index contributed by atoms with van der Waals surface area (Å²) in [6.45, 7) is 0. The van der Waals surface area contributed by atoms with Gasteiger partial charge >= 0.3 is 0 Å². The second-order valence-corrected chi connectivity index (χ2v) is 4.31. The zero-order chi connectivity index (χ0) is 13.7. The van der Waals surface area contributed by atoms with Crippen molar-refractivity contribution in [1.82, 2.24) is 5.43 Å². The van der Waals surface area contributed by atoms with Crippen molar-refractivity contribution in [2.45, 2.75) is 0 Å². The van der Waals surface area contributed by atoms with E-state index in [0.717, 1.165) is 5.56 Å². The van der Waals surface area contributed by atoms with Crippen molar-refractivity contribution in [2.75, 3.05) is 5.73 Å². The predicted octanol–water partition coefficient (Wildman–Crippen LogP) is 2.69. The van der Waals surface area contributed by atoms with E-state index in [1.165, 1.54) is 0 Å². The van der Waals surface area contributed by atoms with Crippen molar-refractivity contribution in [3.8, 4) is 0 Å². The van der Waals surface area contributed by atoms with E-state index < -0.39 is 0 Å². The lowest BCUT2D eigenvalue weighted by Crippen LogP contribution is -2.17. The lowest BCUT2D eigenvalue weighted by Gasteiger charge is -2.00. The minimum Gasteiger partial charge on any atom is -0.399 e. The van der Waals surface area contributed by atoms with Crippen molar-refractivity contribution in [3.63, 3.8) is 0 Å². The minimum absolute atomic E-state index is 0.287. The highest BCUT2D eigenvalue weighted by atomic mass is 35.5. The Morgan fingerprint density at radius 1 is 1.11 bits per heavy atom. The third-order valence-corrected chi connectivity index (χ3v) is 2.67. The topological polar surface area (TPSA) is 67.5 Å². The van der Waals surface area contributed by atoms with Gasteiger partial charge in [0.2, 0.25) is 0 Å². The summed E-state index contributed by atoms with van der Waals surface area (Å²) in [6.07, 6.45) is 1.55. The third-order valence-electron chi connectivity index (χ3n) is 2.42. The number of hydrogen-bond donors (Lipinski definition) is 2. The Hall–Kier alpha value is -2.33. The zero-order valence-electron chi connectivity index (χ0n) is 10.0. The molecule has 5 heteroatoms. The van der Waals surface area contributed by atoms with E-state index in [-0.39, 0.29) is 5.91 Å². The van der Waals surface area contributed by atoms with Crippen molar-refractivity contribution in [1.29, 1.82) is 0 Å². The summed E-state index contributed by atoms with van der Waals surface area (Å²) in [7, 11) is 0. The van der Waals surface area contributed by atoms with Gasteiger partial charge in [-0.05, 0) is 42.0 Å². The Balaban J connectivity index is 1.96. The van der Waals surface area contributed by atoms with Crippen molar-refractivity contribution < 1.29 is 4.79 Å². The second-order valence-electron chi connectivity index (χ2n) is 3.87. The summed E-state index contributed by atoms with van der Waals surface area (Å²) < 4.78 is 0. The van der Waals surface area contributed by atoms with Gasteiger partial charge in [-0.2, -0.15) is 5.10 Å². The number of nitrogens with zero attached hydrogens (tertiary/aromatic N) is 1. The number of benzene rings is 2. The van der Waals surface area contributed by atoms with Crippen LogP contribution in [0.15, 0.2) is 53.6 Å². The summed E-state index contributed by atoms with van der Waals surface area (Å²) in [5, 5.41) is 4.53. The summed E-state index contributed by atoms with van der Waals surface area (Å²) in [4.78, 5) is 11.7. The first-order valence-corrected chi connectivity index (χ1v) is 5.97. The molecule has 2 rings (SSSR count). The van der Waals surface area contributed by atoms with E-state index in [0.29, 0.717) is 16.3 Å². The van der Waals surface area contributed by atoms with Crippen LogP contribution in [0.25, 0.3) is 0 Å². The molecule has 0 aliphatic carbocycles. The fourth-order valence-corrected chi connectivity index (χ4v) is 1.54. The quantitative estimate of drug-likeness (QED) is 0.513. The average molecular weight is 274 g/mol. The van der Waals surface area contributed by atoms with Gasteiger partial charge in [0.15, 0.2) is 0 Å². The number of carbonyl (C=O) groups is 1. The van der Waals surface area contributed by atoms with Gasteiger partial charge < -0.3 is 5.73 Å².